The molecule has 1 atom stereocenters. The van der Waals surface area contributed by atoms with Gasteiger partial charge in [0, 0.05) is 13.1 Å². The Morgan fingerprint density at radius 3 is 2.26 bits per heavy atom. The van der Waals surface area contributed by atoms with Gasteiger partial charge in [0.05, 0.1) is 0 Å². The second kappa shape index (κ2) is 5.73. The summed E-state index contributed by atoms with van der Waals surface area (Å²) in [4.78, 5) is 2.75. The van der Waals surface area contributed by atoms with Crippen LogP contribution in [0.4, 0.5) is 0 Å². The molecule has 2 aliphatic rings. The van der Waals surface area contributed by atoms with E-state index in [1.54, 1.807) is 0 Å². The maximum absolute atomic E-state index is 3.59. The van der Waals surface area contributed by atoms with Crippen molar-refractivity contribution in [3.05, 3.63) is 0 Å². The van der Waals surface area contributed by atoms with Gasteiger partial charge in [0.15, 0.2) is 0 Å². The largest absolute Gasteiger partial charge is 0.316 e. The number of rotatable bonds is 3. The van der Waals surface area contributed by atoms with Crippen LogP contribution in [-0.2, 0) is 0 Å². The molecule has 19 heavy (non-hydrogen) atoms. The van der Waals surface area contributed by atoms with Gasteiger partial charge in [-0.05, 0) is 61.6 Å². The van der Waals surface area contributed by atoms with Crippen molar-refractivity contribution in [1.29, 1.82) is 0 Å². The molecule has 2 saturated heterocycles. The SMILES string of the molecule is CC(C)C1(CN2CCC(C(C)(C)C)CC2)CCNC1. The molecule has 2 heteroatoms. The Balaban J connectivity index is 1.88. The molecule has 2 heterocycles. The number of piperidine rings is 1. The highest BCUT2D eigenvalue weighted by Crippen LogP contribution is 2.38. The lowest BCUT2D eigenvalue weighted by Gasteiger charge is -2.43. The molecule has 0 radical (unpaired) electrons. The van der Waals surface area contributed by atoms with E-state index < -0.39 is 0 Å². The fraction of sp³-hybridized carbons (Fsp3) is 1.00. The van der Waals surface area contributed by atoms with Crippen LogP contribution in [0.2, 0.25) is 0 Å². The summed E-state index contributed by atoms with van der Waals surface area (Å²) < 4.78 is 0. The van der Waals surface area contributed by atoms with Gasteiger partial charge in [0.1, 0.15) is 0 Å². The average molecular weight is 266 g/mol. The van der Waals surface area contributed by atoms with Crippen LogP contribution in [0.3, 0.4) is 0 Å². The van der Waals surface area contributed by atoms with Gasteiger partial charge in [-0.2, -0.15) is 0 Å². The minimum Gasteiger partial charge on any atom is -0.316 e. The molecule has 2 fully saturated rings. The molecule has 1 unspecified atom stereocenters. The Labute approximate surface area is 120 Å². The third-order valence-corrected chi connectivity index (χ3v) is 5.85. The van der Waals surface area contributed by atoms with Crippen molar-refractivity contribution < 1.29 is 0 Å². The van der Waals surface area contributed by atoms with Crippen LogP contribution in [0.15, 0.2) is 0 Å². The number of nitrogens with one attached hydrogen (secondary N) is 1. The van der Waals surface area contributed by atoms with Gasteiger partial charge in [-0.1, -0.05) is 34.6 Å². The van der Waals surface area contributed by atoms with Crippen LogP contribution in [0, 0.1) is 22.7 Å². The third kappa shape index (κ3) is 3.52. The first-order valence-electron chi connectivity index (χ1n) is 8.26. The lowest BCUT2D eigenvalue weighted by atomic mass is 9.73. The number of likely N-dealkylation sites (tertiary alicyclic amines) is 1. The third-order valence-electron chi connectivity index (χ3n) is 5.85. The Kier molecular flexibility index (Phi) is 4.62. The Morgan fingerprint density at radius 2 is 1.84 bits per heavy atom. The molecular formula is C17H34N2. The summed E-state index contributed by atoms with van der Waals surface area (Å²) >= 11 is 0. The van der Waals surface area contributed by atoms with Crippen molar-refractivity contribution in [2.45, 2.75) is 53.9 Å². The Hall–Kier alpha value is -0.0800. The van der Waals surface area contributed by atoms with E-state index in [4.69, 9.17) is 0 Å². The Morgan fingerprint density at radius 1 is 1.21 bits per heavy atom. The van der Waals surface area contributed by atoms with E-state index in [9.17, 15) is 0 Å². The maximum Gasteiger partial charge on any atom is 0.00531 e. The zero-order valence-corrected chi connectivity index (χ0v) is 13.8. The molecule has 2 nitrogen and oxygen atoms in total. The topological polar surface area (TPSA) is 15.3 Å². The smallest absolute Gasteiger partial charge is 0.00531 e. The van der Waals surface area contributed by atoms with Crippen LogP contribution in [-0.4, -0.2) is 37.6 Å². The Bertz CT molecular complexity index is 276. The predicted octanol–water partition coefficient (Wildman–Crippen LogP) is 3.38. The van der Waals surface area contributed by atoms with Gasteiger partial charge in [-0.3, -0.25) is 0 Å². The fourth-order valence-corrected chi connectivity index (χ4v) is 3.98. The average Bonchev–Trinajstić information content (AvgIpc) is 2.78. The van der Waals surface area contributed by atoms with Crippen molar-refractivity contribution >= 4 is 0 Å². The standard InChI is InChI=1S/C17H34N2/c1-14(2)17(8-9-18-12-17)13-19-10-6-15(7-11-19)16(3,4)5/h14-15,18H,6-13H2,1-5H3. The summed E-state index contributed by atoms with van der Waals surface area (Å²) in [6.07, 6.45) is 4.15. The van der Waals surface area contributed by atoms with E-state index in [1.807, 2.05) is 0 Å². The number of hydrogen-bond acceptors (Lipinski definition) is 2. The summed E-state index contributed by atoms with van der Waals surface area (Å²) in [6.45, 7) is 18.4. The molecule has 2 aliphatic heterocycles. The van der Waals surface area contributed by atoms with Crippen LogP contribution in [0.5, 0.6) is 0 Å². The second-order valence-corrected chi connectivity index (χ2v) is 8.36. The van der Waals surface area contributed by atoms with Gasteiger partial charge < -0.3 is 10.2 Å². The molecule has 0 bridgehead atoms. The molecular weight excluding hydrogens is 232 g/mol. The highest BCUT2D eigenvalue weighted by Gasteiger charge is 2.39. The van der Waals surface area contributed by atoms with Gasteiger partial charge in [0.25, 0.3) is 0 Å². The zero-order chi connectivity index (χ0) is 14.1. The second-order valence-electron chi connectivity index (χ2n) is 8.36. The first-order valence-corrected chi connectivity index (χ1v) is 8.26. The fourth-order valence-electron chi connectivity index (χ4n) is 3.98. The maximum atomic E-state index is 3.59. The number of hydrogen-bond donors (Lipinski definition) is 1. The monoisotopic (exact) mass is 266 g/mol. The van der Waals surface area contributed by atoms with E-state index in [1.165, 1.54) is 52.0 Å². The molecule has 0 spiro atoms. The lowest BCUT2D eigenvalue weighted by Crippen LogP contribution is -2.46. The van der Waals surface area contributed by atoms with Gasteiger partial charge in [-0.25, -0.2) is 0 Å². The van der Waals surface area contributed by atoms with E-state index in [2.05, 4.69) is 44.8 Å². The highest BCUT2D eigenvalue weighted by atomic mass is 15.1. The first kappa shape index (κ1) is 15.3. The van der Waals surface area contributed by atoms with Gasteiger partial charge in [0.2, 0.25) is 0 Å². The molecule has 0 aliphatic carbocycles. The van der Waals surface area contributed by atoms with Crippen LogP contribution >= 0.6 is 0 Å². The normalized spacial score (nSPS) is 31.3. The lowest BCUT2D eigenvalue weighted by molar-refractivity contribution is 0.0617. The van der Waals surface area contributed by atoms with Crippen LogP contribution in [0.25, 0.3) is 0 Å². The molecule has 0 aromatic carbocycles. The molecule has 0 saturated carbocycles. The predicted molar refractivity (Wildman–Crippen MR) is 83.4 cm³/mol. The van der Waals surface area contributed by atoms with E-state index in [-0.39, 0.29) is 0 Å². The van der Waals surface area contributed by atoms with Crippen LogP contribution < -0.4 is 5.32 Å². The van der Waals surface area contributed by atoms with Gasteiger partial charge in [-0.15, -0.1) is 0 Å². The summed E-state index contributed by atoms with van der Waals surface area (Å²) in [7, 11) is 0. The zero-order valence-electron chi connectivity index (χ0n) is 13.8. The molecule has 0 aromatic heterocycles. The first-order chi connectivity index (χ1) is 8.83. The molecule has 0 amide bonds. The van der Waals surface area contributed by atoms with E-state index in [0.717, 1.165) is 11.8 Å². The number of nitrogens with zero attached hydrogens (tertiary/aromatic N) is 1. The molecule has 0 aromatic rings. The van der Waals surface area contributed by atoms with E-state index >= 15 is 0 Å². The molecule has 2 rings (SSSR count). The minimum atomic E-state index is 0.497. The van der Waals surface area contributed by atoms with Crippen molar-refractivity contribution in [3.63, 3.8) is 0 Å². The van der Waals surface area contributed by atoms with Crippen molar-refractivity contribution in [3.8, 4) is 0 Å². The quantitative estimate of drug-likeness (QED) is 0.842. The van der Waals surface area contributed by atoms with Gasteiger partial charge >= 0.3 is 0 Å². The summed E-state index contributed by atoms with van der Waals surface area (Å²) in [5, 5.41) is 3.59. The highest BCUT2D eigenvalue weighted by molar-refractivity contribution is 4.94. The molecule has 1 N–H and O–H groups in total. The van der Waals surface area contributed by atoms with Crippen molar-refractivity contribution in [2.24, 2.45) is 22.7 Å². The summed E-state index contributed by atoms with van der Waals surface area (Å²) in [5.41, 5.74) is 1.03. The summed E-state index contributed by atoms with van der Waals surface area (Å²) in [5.74, 6) is 1.71. The van der Waals surface area contributed by atoms with E-state index in [0.29, 0.717) is 10.8 Å². The van der Waals surface area contributed by atoms with Crippen LogP contribution in [0.1, 0.15) is 53.9 Å². The molecule has 112 valence electrons. The summed E-state index contributed by atoms with van der Waals surface area (Å²) in [6, 6.07) is 0. The van der Waals surface area contributed by atoms with Crippen molar-refractivity contribution in [1.82, 2.24) is 10.2 Å². The van der Waals surface area contributed by atoms with Crippen molar-refractivity contribution in [2.75, 3.05) is 32.7 Å². The minimum absolute atomic E-state index is 0.497.